The standard InChI is InChI=1S/C13H12ClNOS/c1-16-9-2-3-10-8(6-9)7-11(15-10)12-4-5-13(14)17-12/h2-6,11,15H,7H2,1H3. The molecule has 0 saturated carbocycles. The second-order valence-electron chi connectivity index (χ2n) is 4.07. The maximum absolute atomic E-state index is 5.97. The molecule has 88 valence electrons. The summed E-state index contributed by atoms with van der Waals surface area (Å²) in [5.74, 6) is 0.912. The molecule has 0 aliphatic carbocycles. The second-order valence-corrected chi connectivity index (χ2v) is 5.81. The number of halogens is 1. The van der Waals surface area contributed by atoms with Gasteiger partial charge in [-0.25, -0.2) is 0 Å². The summed E-state index contributed by atoms with van der Waals surface area (Å²) in [5.41, 5.74) is 2.50. The van der Waals surface area contributed by atoms with Crippen molar-refractivity contribution in [2.24, 2.45) is 0 Å². The Kier molecular flexibility index (Phi) is 2.73. The minimum atomic E-state index is 0.342. The lowest BCUT2D eigenvalue weighted by atomic mass is 10.1. The van der Waals surface area contributed by atoms with Crippen molar-refractivity contribution in [1.29, 1.82) is 0 Å². The first kappa shape index (κ1) is 10.9. The maximum atomic E-state index is 5.97. The third-order valence-electron chi connectivity index (χ3n) is 3.00. The molecule has 0 fully saturated rings. The van der Waals surface area contributed by atoms with Crippen molar-refractivity contribution in [2.75, 3.05) is 12.4 Å². The van der Waals surface area contributed by atoms with Gasteiger partial charge >= 0.3 is 0 Å². The summed E-state index contributed by atoms with van der Waals surface area (Å²) in [5, 5.41) is 3.51. The van der Waals surface area contributed by atoms with E-state index in [1.807, 2.05) is 12.1 Å². The summed E-state index contributed by atoms with van der Waals surface area (Å²) < 4.78 is 6.08. The van der Waals surface area contributed by atoms with Crippen LogP contribution in [-0.4, -0.2) is 7.11 Å². The smallest absolute Gasteiger partial charge is 0.119 e. The fourth-order valence-electron chi connectivity index (χ4n) is 2.15. The van der Waals surface area contributed by atoms with Gasteiger partial charge in [-0.05, 0) is 42.3 Å². The topological polar surface area (TPSA) is 21.3 Å². The Morgan fingerprint density at radius 3 is 2.94 bits per heavy atom. The third kappa shape index (κ3) is 2.01. The van der Waals surface area contributed by atoms with Crippen molar-refractivity contribution in [3.63, 3.8) is 0 Å². The molecule has 3 rings (SSSR count). The van der Waals surface area contributed by atoms with E-state index in [-0.39, 0.29) is 0 Å². The molecule has 17 heavy (non-hydrogen) atoms. The molecule has 1 aliphatic heterocycles. The van der Waals surface area contributed by atoms with Crippen LogP contribution in [0.5, 0.6) is 5.75 Å². The van der Waals surface area contributed by atoms with E-state index in [0.29, 0.717) is 6.04 Å². The van der Waals surface area contributed by atoms with Crippen molar-refractivity contribution >= 4 is 28.6 Å². The summed E-state index contributed by atoms with van der Waals surface area (Å²) in [6.45, 7) is 0. The molecule has 1 aromatic carbocycles. The molecule has 0 radical (unpaired) electrons. The molecule has 2 heterocycles. The van der Waals surface area contributed by atoms with Crippen LogP contribution in [0, 0.1) is 0 Å². The number of ether oxygens (including phenoxy) is 1. The van der Waals surface area contributed by atoms with E-state index in [9.17, 15) is 0 Å². The van der Waals surface area contributed by atoms with Crippen LogP contribution in [-0.2, 0) is 6.42 Å². The van der Waals surface area contributed by atoms with Crippen molar-refractivity contribution in [3.8, 4) is 5.75 Å². The molecule has 2 nitrogen and oxygen atoms in total. The maximum Gasteiger partial charge on any atom is 0.119 e. The van der Waals surface area contributed by atoms with Crippen molar-refractivity contribution in [2.45, 2.75) is 12.5 Å². The molecule has 0 bridgehead atoms. The van der Waals surface area contributed by atoms with Gasteiger partial charge in [0.2, 0.25) is 0 Å². The number of benzene rings is 1. The van der Waals surface area contributed by atoms with Gasteiger partial charge in [0.15, 0.2) is 0 Å². The van der Waals surface area contributed by atoms with E-state index in [1.54, 1.807) is 18.4 Å². The Morgan fingerprint density at radius 2 is 2.24 bits per heavy atom. The highest BCUT2D eigenvalue weighted by Gasteiger charge is 2.23. The van der Waals surface area contributed by atoms with Crippen molar-refractivity contribution < 1.29 is 4.74 Å². The van der Waals surface area contributed by atoms with Gasteiger partial charge in [0, 0.05) is 10.6 Å². The van der Waals surface area contributed by atoms with Crippen LogP contribution in [0.1, 0.15) is 16.5 Å². The minimum absolute atomic E-state index is 0.342. The molecule has 4 heteroatoms. The fourth-order valence-corrected chi connectivity index (χ4v) is 3.26. The van der Waals surface area contributed by atoms with Gasteiger partial charge in [0.25, 0.3) is 0 Å². The Labute approximate surface area is 109 Å². The Hall–Kier alpha value is -1.19. The van der Waals surface area contributed by atoms with E-state index in [0.717, 1.165) is 16.5 Å². The lowest BCUT2D eigenvalue weighted by molar-refractivity contribution is 0.414. The van der Waals surface area contributed by atoms with Gasteiger partial charge in [-0.2, -0.15) is 0 Å². The highest BCUT2D eigenvalue weighted by molar-refractivity contribution is 7.16. The zero-order valence-electron chi connectivity index (χ0n) is 9.37. The fraction of sp³-hybridized carbons (Fsp3) is 0.231. The highest BCUT2D eigenvalue weighted by atomic mass is 35.5. The summed E-state index contributed by atoms with van der Waals surface area (Å²) >= 11 is 7.61. The van der Waals surface area contributed by atoms with Crippen LogP contribution in [0.25, 0.3) is 0 Å². The van der Waals surface area contributed by atoms with Crippen molar-refractivity contribution in [1.82, 2.24) is 0 Å². The highest BCUT2D eigenvalue weighted by Crippen LogP contribution is 2.39. The minimum Gasteiger partial charge on any atom is -0.497 e. The first-order valence-corrected chi connectivity index (χ1v) is 6.64. The number of anilines is 1. The summed E-state index contributed by atoms with van der Waals surface area (Å²) in [7, 11) is 1.70. The molecule has 0 amide bonds. The van der Waals surface area contributed by atoms with Crippen LogP contribution >= 0.6 is 22.9 Å². The summed E-state index contributed by atoms with van der Waals surface area (Å²) in [4.78, 5) is 1.28. The van der Waals surface area contributed by atoms with Crippen LogP contribution < -0.4 is 10.1 Å². The van der Waals surface area contributed by atoms with Gasteiger partial charge in [-0.15, -0.1) is 11.3 Å². The zero-order valence-corrected chi connectivity index (χ0v) is 10.9. The SMILES string of the molecule is COc1ccc2c(c1)CC(c1ccc(Cl)s1)N2. The van der Waals surface area contributed by atoms with E-state index in [4.69, 9.17) is 16.3 Å². The molecule has 1 N–H and O–H groups in total. The molecule has 1 unspecified atom stereocenters. The number of nitrogens with one attached hydrogen (secondary N) is 1. The molecule has 2 aromatic rings. The van der Waals surface area contributed by atoms with Gasteiger partial charge in [0.1, 0.15) is 5.75 Å². The number of fused-ring (bicyclic) bond motifs is 1. The van der Waals surface area contributed by atoms with Crippen LogP contribution in [0.4, 0.5) is 5.69 Å². The lowest BCUT2D eigenvalue weighted by Gasteiger charge is -2.07. The van der Waals surface area contributed by atoms with Gasteiger partial charge in [-0.3, -0.25) is 0 Å². The Bertz CT molecular complexity index is 552. The predicted molar refractivity (Wildman–Crippen MR) is 72.4 cm³/mol. The third-order valence-corrected chi connectivity index (χ3v) is 4.35. The molecule has 1 atom stereocenters. The predicted octanol–water partition coefficient (Wildman–Crippen LogP) is 4.12. The summed E-state index contributed by atoms with van der Waals surface area (Å²) in [6, 6.07) is 10.5. The molecular formula is C13H12ClNOS. The van der Waals surface area contributed by atoms with Gasteiger partial charge in [-0.1, -0.05) is 11.6 Å². The number of hydrogen-bond donors (Lipinski definition) is 1. The molecule has 1 aliphatic rings. The monoisotopic (exact) mass is 265 g/mol. The quantitative estimate of drug-likeness (QED) is 0.882. The second kappa shape index (κ2) is 4.24. The van der Waals surface area contributed by atoms with Gasteiger partial charge < -0.3 is 10.1 Å². The van der Waals surface area contributed by atoms with Crippen LogP contribution in [0.2, 0.25) is 4.34 Å². The average Bonchev–Trinajstić information content (AvgIpc) is 2.93. The number of rotatable bonds is 2. The molecular weight excluding hydrogens is 254 g/mol. The molecule has 0 spiro atoms. The zero-order chi connectivity index (χ0) is 11.8. The average molecular weight is 266 g/mol. The van der Waals surface area contributed by atoms with E-state index < -0.39 is 0 Å². The molecule has 0 saturated heterocycles. The van der Waals surface area contributed by atoms with Crippen LogP contribution in [0.15, 0.2) is 30.3 Å². The van der Waals surface area contributed by atoms with E-state index in [1.165, 1.54) is 16.1 Å². The van der Waals surface area contributed by atoms with Crippen molar-refractivity contribution in [3.05, 3.63) is 45.1 Å². The Balaban J connectivity index is 1.87. The first-order valence-electron chi connectivity index (χ1n) is 5.45. The largest absolute Gasteiger partial charge is 0.497 e. The van der Waals surface area contributed by atoms with Gasteiger partial charge in [0.05, 0.1) is 17.5 Å². The first-order chi connectivity index (χ1) is 8.26. The van der Waals surface area contributed by atoms with E-state index in [2.05, 4.69) is 23.5 Å². The Morgan fingerprint density at radius 1 is 1.35 bits per heavy atom. The lowest BCUT2D eigenvalue weighted by Crippen LogP contribution is -2.02. The number of hydrogen-bond acceptors (Lipinski definition) is 3. The molecule has 1 aromatic heterocycles. The normalized spacial score (nSPS) is 17.6. The summed E-state index contributed by atoms with van der Waals surface area (Å²) in [6.07, 6.45) is 0.989. The number of methoxy groups -OCH3 is 1. The van der Waals surface area contributed by atoms with Crippen LogP contribution in [0.3, 0.4) is 0 Å². The van der Waals surface area contributed by atoms with E-state index >= 15 is 0 Å². The number of thiophene rings is 1.